The lowest BCUT2D eigenvalue weighted by Crippen LogP contribution is -2.27. The van der Waals surface area contributed by atoms with Gasteiger partial charge in [-0.05, 0) is 18.8 Å². The molecule has 0 unspecified atom stereocenters. The summed E-state index contributed by atoms with van der Waals surface area (Å²) in [6.07, 6.45) is 8.17. The first-order valence-corrected chi connectivity index (χ1v) is 5.53. The minimum atomic E-state index is 0.110. The zero-order valence-electron chi connectivity index (χ0n) is 8.63. The van der Waals surface area contributed by atoms with E-state index in [0.29, 0.717) is 25.3 Å². The monoisotopic (exact) mass is 197 g/mol. The summed E-state index contributed by atoms with van der Waals surface area (Å²) in [5, 5.41) is 2.76. The SMILES string of the molecule is O=CCCNC(=O)CC1CCCCC1. The molecule has 1 amide bonds. The van der Waals surface area contributed by atoms with Crippen LogP contribution in [0, 0.1) is 5.92 Å². The van der Waals surface area contributed by atoms with Gasteiger partial charge >= 0.3 is 0 Å². The van der Waals surface area contributed by atoms with Crippen LogP contribution in [0.4, 0.5) is 0 Å². The summed E-state index contributed by atoms with van der Waals surface area (Å²) < 4.78 is 0. The number of hydrogen-bond donors (Lipinski definition) is 1. The minimum absolute atomic E-state index is 0.110. The molecule has 0 aliphatic heterocycles. The van der Waals surface area contributed by atoms with Crippen LogP contribution in [0.3, 0.4) is 0 Å². The van der Waals surface area contributed by atoms with E-state index in [4.69, 9.17) is 0 Å². The second-order valence-corrected chi connectivity index (χ2v) is 4.01. The van der Waals surface area contributed by atoms with E-state index in [1.165, 1.54) is 32.1 Å². The highest BCUT2D eigenvalue weighted by molar-refractivity contribution is 5.76. The smallest absolute Gasteiger partial charge is 0.220 e. The van der Waals surface area contributed by atoms with E-state index in [9.17, 15) is 9.59 Å². The number of carbonyl (C=O) groups is 2. The number of amides is 1. The van der Waals surface area contributed by atoms with Crippen molar-refractivity contribution in [1.29, 1.82) is 0 Å². The van der Waals surface area contributed by atoms with Gasteiger partial charge in [-0.15, -0.1) is 0 Å². The normalized spacial score (nSPS) is 17.7. The molecule has 1 aliphatic rings. The fraction of sp³-hybridized carbons (Fsp3) is 0.818. The lowest BCUT2D eigenvalue weighted by molar-refractivity contribution is -0.122. The van der Waals surface area contributed by atoms with Crippen molar-refractivity contribution in [3.8, 4) is 0 Å². The van der Waals surface area contributed by atoms with Gasteiger partial charge in [-0.25, -0.2) is 0 Å². The molecular formula is C11H19NO2. The van der Waals surface area contributed by atoms with Crippen molar-refractivity contribution in [2.24, 2.45) is 5.92 Å². The number of nitrogens with one attached hydrogen (secondary N) is 1. The lowest BCUT2D eigenvalue weighted by atomic mass is 9.87. The number of hydrogen-bond acceptors (Lipinski definition) is 2. The van der Waals surface area contributed by atoms with Crippen molar-refractivity contribution in [3.63, 3.8) is 0 Å². The number of rotatable bonds is 5. The Labute approximate surface area is 85.3 Å². The molecule has 0 atom stereocenters. The summed E-state index contributed by atoms with van der Waals surface area (Å²) in [7, 11) is 0. The third kappa shape index (κ3) is 4.40. The maximum atomic E-state index is 11.4. The Morgan fingerprint density at radius 1 is 1.29 bits per heavy atom. The van der Waals surface area contributed by atoms with Gasteiger partial charge in [0, 0.05) is 19.4 Å². The Balaban J connectivity index is 2.09. The number of aldehydes is 1. The highest BCUT2D eigenvalue weighted by atomic mass is 16.1. The lowest BCUT2D eigenvalue weighted by Gasteiger charge is -2.20. The Morgan fingerprint density at radius 3 is 2.64 bits per heavy atom. The summed E-state index contributed by atoms with van der Waals surface area (Å²) >= 11 is 0. The van der Waals surface area contributed by atoms with Crippen LogP contribution in [0.1, 0.15) is 44.9 Å². The molecule has 0 aromatic rings. The molecule has 0 aromatic carbocycles. The van der Waals surface area contributed by atoms with Gasteiger partial charge in [-0.2, -0.15) is 0 Å². The molecule has 0 saturated heterocycles. The van der Waals surface area contributed by atoms with Crippen LogP contribution in [-0.2, 0) is 9.59 Å². The van der Waals surface area contributed by atoms with Crippen molar-refractivity contribution in [2.75, 3.05) is 6.54 Å². The van der Waals surface area contributed by atoms with Crippen molar-refractivity contribution in [2.45, 2.75) is 44.9 Å². The molecule has 0 heterocycles. The second-order valence-electron chi connectivity index (χ2n) is 4.01. The standard InChI is InChI=1S/C11H19NO2/c13-8-4-7-12-11(14)9-10-5-2-1-3-6-10/h8,10H,1-7,9H2,(H,12,14). The average molecular weight is 197 g/mol. The van der Waals surface area contributed by atoms with E-state index in [0.717, 1.165) is 6.29 Å². The molecule has 3 heteroatoms. The van der Waals surface area contributed by atoms with E-state index in [1.807, 2.05) is 0 Å². The molecule has 80 valence electrons. The fourth-order valence-corrected chi connectivity index (χ4v) is 2.00. The van der Waals surface area contributed by atoms with Gasteiger partial charge < -0.3 is 10.1 Å². The van der Waals surface area contributed by atoms with Gasteiger partial charge in [0.1, 0.15) is 6.29 Å². The fourth-order valence-electron chi connectivity index (χ4n) is 2.00. The molecule has 0 aromatic heterocycles. The molecule has 0 spiro atoms. The molecule has 3 nitrogen and oxygen atoms in total. The van der Waals surface area contributed by atoms with Crippen LogP contribution in [-0.4, -0.2) is 18.7 Å². The van der Waals surface area contributed by atoms with Crippen molar-refractivity contribution >= 4 is 12.2 Å². The number of carbonyl (C=O) groups excluding carboxylic acids is 2. The molecule has 0 radical (unpaired) electrons. The Morgan fingerprint density at radius 2 is 2.00 bits per heavy atom. The molecule has 0 bridgehead atoms. The minimum Gasteiger partial charge on any atom is -0.356 e. The van der Waals surface area contributed by atoms with Crippen molar-refractivity contribution in [3.05, 3.63) is 0 Å². The predicted octanol–water partition coefficient (Wildman–Crippen LogP) is 1.66. The van der Waals surface area contributed by atoms with Gasteiger partial charge in [0.25, 0.3) is 0 Å². The zero-order valence-corrected chi connectivity index (χ0v) is 8.63. The quantitative estimate of drug-likeness (QED) is 0.538. The van der Waals surface area contributed by atoms with Gasteiger partial charge in [0.15, 0.2) is 0 Å². The molecule has 1 fully saturated rings. The topological polar surface area (TPSA) is 46.2 Å². The van der Waals surface area contributed by atoms with E-state index >= 15 is 0 Å². The third-order valence-corrected chi connectivity index (χ3v) is 2.78. The van der Waals surface area contributed by atoms with Gasteiger partial charge in [-0.1, -0.05) is 19.3 Å². The molecular weight excluding hydrogens is 178 g/mol. The molecule has 1 rings (SSSR count). The Bertz CT molecular complexity index is 186. The summed E-state index contributed by atoms with van der Waals surface area (Å²) in [5.74, 6) is 0.693. The summed E-state index contributed by atoms with van der Waals surface area (Å²) in [5.41, 5.74) is 0. The molecule has 14 heavy (non-hydrogen) atoms. The first kappa shape index (κ1) is 11.2. The average Bonchev–Trinajstić information content (AvgIpc) is 2.20. The van der Waals surface area contributed by atoms with Crippen LogP contribution in [0.25, 0.3) is 0 Å². The summed E-state index contributed by atoms with van der Waals surface area (Å²) in [6.45, 7) is 0.495. The summed E-state index contributed by atoms with van der Waals surface area (Å²) in [6, 6.07) is 0. The second kappa shape index (κ2) is 6.57. The van der Waals surface area contributed by atoms with Crippen LogP contribution < -0.4 is 5.32 Å². The molecule has 1 aliphatic carbocycles. The summed E-state index contributed by atoms with van der Waals surface area (Å²) in [4.78, 5) is 21.4. The molecule has 1 saturated carbocycles. The largest absolute Gasteiger partial charge is 0.356 e. The molecule has 1 N–H and O–H groups in total. The van der Waals surface area contributed by atoms with Crippen LogP contribution in [0.15, 0.2) is 0 Å². The first-order chi connectivity index (χ1) is 6.83. The maximum Gasteiger partial charge on any atom is 0.220 e. The Kier molecular flexibility index (Phi) is 5.27. The maximum absolute atomic E-state index is 11.4. The van der Waals surface area contributed by atoms with E-state index < -0.39 is 0 Å². The first-order valence-electron chi connectivity index (χ1n) is 5.53. The highest BCUT2D eigenvalue weighted by Crippen LogP contribution is 2.25. The van der Waals surface area contributed by atoms with Crippen molar-refractivity contribution in [1.82, 2.24) is 5.32 Å². The zero-order chi connectivity index (χ0) is 10.2. The van der Waals surface area contributed by atoms with Gasteiger partial charge in [0.2, 0.25) is 5.91 Å². The third-order valence-electron chi connectivity index (χ3n) is 2.78. The van der Waals surface area contributed by atoms with Crippen LogP contribution in [0.2, 0.25) is 0 Å². The van der Waals surface area contributed by atoms with Crippen molar-refractivity contribution < 1.29 is 9.59 Å². The highest BCUT2D eigenvalue weighted by Gasteiger charge is 2.16. The van der Waals surface area contributed by atoms with Gasteiger partial charge in [0.05, 0.1) is 0 Å². The van der Waals surface area contributed by atoms with E-state index in [-0.39, 0.29) is 5.91 Å². The van der Waals surface area contributed by atoms with E-state index in [1.54, 1.807) is 0 Å². The van der Waals surface area contributed by atoms with Crippen LogP contribution in [0.5, 0.6) is 0 Å². The van der Waals surface area contributed by atoms with Gasteiger partial charge in [-0.3, -0.25) is 4.79 Å². The van der Waals surface area contributed by atoms with E-state index in [2.05, 4.69) is 5.32 Å². The predicted molar refractivity (Wildman–Crippen MR) is 54.9 cm³/mol. The Hall–Kier alpha value is -0.860. The van der Waals surface area contributed by atoms with Crippen LogP contribution >= 0.6 is 0 Å².